The van der Waals surface area contributed by atoms with E-state index in [1.807, 2.05) is 6.92 Å². The zero-order chi connectivity index (χ0) is 15.1. The lowest BCUT2D eigenvalue weighted by molar-refractivity contribution is -0.139. The first-order valence-corrected chi connectivity index (χ1v) is 6.51. The van der Waals surface area contributed by atoms with E-state index in [4.69, 9.17) is 5.11 Å². The van der Waals surface area contributed by atoms with Crippen LogP contribution in [0.3, 0.4) is 0 Å². The average molecular weight is 280 g/mol. The number of amides is 2. The molecule has 1 aromatic rings. The lowest BCUT2D eigenvalue weighted by Crippen LogP contribution is -2.46. The number of anilines is 1. The van der Waals surface area contributed by atoms with Crippen molar-refractivity contribution in [2.45, 2.75) is 32.2 Å². The molecule has 0 aliphatic heterocycles. The summed E-state index contributed by atoms with van der Waals surface area (Å²) in [6, 6.07) is 4.78. The molecule has 0 bridgehead atoms. The molecule has 1 atom stereocenters. The summed E-state index contributed by atoms with van der Waals surface area (Å²) in [5, 5.41) is 20.9. The number of carbonyl (C=O) groups excluding carboxylic acids is 1. The van der Waals surface area contributed by atoms with Crippen molar-refractivity contribution in [1.82, 2.24) is 5.32 Å². The fourth-order valence-electron chi connectivity index (χ4n) is 1.73. The zero-order valence-corrected chi connectivity index (χ0v) is 11.7. The second kappa shape index (κ2) is 7.37. The highest BCUT2D eigenvalue weighted by Gasteiger charge is 2.21. The first-order valence-electron chi connectivity index (χ1n) is 6.51. The smallest absolute Gasteiger partial charge is 0.326 e. The summed E-state index contributed by atoms with van der Waals surface area (Å²) in [5.74, 6) is -1.00. The summed E-state index contributed by atoms with van der Waals surface area (Å²) in [7, 11) is 1.52. The van der Waals surface area contributed by atoms with E-state index in [0.717, 1.165) is 12.8 Å². The number of unbranched alkanes of at least 4 members (excludes halogenated alkanes) is 1. The number of rotatable bonds is 6. The van der Waals surface area contributed by atoms with E-state index < -0.39 is 18.0 Å². The molecule has 20 heavy (non-hydrogen) atoms. The minimum absolute atomic E-state index is 0.0444. The third kappa shape index (κ3) is 4.46. The molecule has 0 heterocycles. The summed E-state index contributed by atoms with van der Waals surface area (Å²) in [6.45, 7) is 1.96. The Morgan fingerprint density at radius 3 is 2.65 bits per heavy atom. The van der Waals surface area contributed by atoms with Gasteiger partial charge in [0.05, 0.1) is 0 Å². The molecule has 0 radical (unpaired) electrons. The van der Waals surface area contributed by atoms with Crippen molar-refractivity contribution in [1.29, 1.82) is 0 Å². The number of phenols is 1. The van der Waals surface area contributed by atoms with Crippen LogP contribution >= 0.6 is 0 Å². The van der Waals surface area contributed by atoms with Gasteiger partial charge in [0.25, 0.3) is 0 Å². The van der Waals surface area contributed by atoms with Crippen molar-refractivity contribution in [2.24, 2.45) is 0 Å². The molecule has 1 aromatic carbocycles. The van der Waals surface area contributed by atoms with Gasteiger partial charge in [-0.25, -0.2) is 9.59 Å². The molecule has 0 aromatic heterocycles. The second-order valence-electron chi connectivity index (χ2n) is 4.56. The van der Waals surface area contributed by atoms with Crippen molar-refractivity contribution in [3.63, 3.8) is 0 Å². The number of hydrogen-bond donors (Lipinski definition) is 3. The van der Waals surface area contributed by atoms with Crippen molar-refractivity contribution in [3.05, 3.63) is 24.3 Å². The van der Waals surface area contributed by atoms with Gasteiger partial charge in [0.1, 0.15) is 11.8 Å². The summed E-state index contributed by atoms with van der Waals surface area (Å²) in [4.78, 5) is 24.3. The molecule has 0 unspecified atom stereocenters. The predicted molar refractivity (Wildman–Crippen MR) is 76.0 cm³/mol. The number of aromatic hydroxyl groups is 1. The van der Waals surface area contributed by atoms with E-state index in [1.54, 1.807) is 12.1 Å². The van der Waals surface area contributed by atoms with Crippen LogP contribution in [-0.2, 0) is 4.79 Å². The number of carbonyl (C=O) groups is 2. The van der Waals surface area contributed by atoms with Gasteiger partial charge in [-0.2, -0.15) is 0 Å². The number of nitrogens with one attached hydrogen (secondary N) is 1. The number of urea groups is 1. The Bertz CT molecular complexity index is 476. The first kappa shape index (κ1) is 15.8. The van der Waals surface area contributed by atoms with Crippen LogP contribution in [0.2, 0.25) is 0 Å². The monoisotopic (exact) mass is 280 g/mol. The number of carboxylic acid groups (broad SMARTS) is 1. The van der Waals surface area contributed by atoms with Crippen molar-refractivity contribution >= 4 is 17.7 Å². The number of phenolic OH excluding ortho intramolecular Hbond substituents is 1. The van der Waals surface area contributed by atoms with Crippen LogP contribution in [-0.4, -0.2) is 35.3 Å². The molecule has 1 rings (SSSR count). The summed E-state index contributed by atoms with van der Waals surface area (Å²) < 4.78 is 0. The van der Waals surface area contributed by atoms with Crippen LogP contribution in [0.4, 0.5) is 10.5 Å². The largest absolute Gasteiger partial charge is 0.508 e. The number of nitrogens with zero attached hydrogens (tertiary/aromatic N) is 1. The Balaban J connectivity index is 2.70. The molecule has 2 amide bonds. The molecule has 0 saturated heterocycles. The van der Waals surface area contributed by atoms with Gasteiger partial charge in [0.15, 0.2) is 0 Å². The van der Waals surface area contributed by atoms with Crippen molar-refractivity contribution in [3.8, 4) is 5.75 Å². The molecule has 0 saturated carbocycles. The molecule has 6 heteroatoms. The minimum Gasteiger partial charge on any atom is -0.508 e. The van der Waals surface area contributed by atoms with Gasteiger partial charge in [-0.3, -0.25) is 4.90 Å². The zero-order valence-electron chi connectivity index (χ0n) is 11.7. The quantitative estimate of drug-likeness (QED) is 0.745. The van der Waals surface area contributed by atoms with Gasteiger partial charge in [-0.1, -0.05) is 25.8 Å². The normalized spacial score (nSPS) is 11.7. The fourth-order valence-corrected chi connectivity index (χ4v) is 1.73. The third-order valence-corrected chi connectivity index (χ3v) is 2.96. The lowest BCUT2D eigenvalue weighted by atomic mass is 10.1. The van der Waals surface area contributed by atoms with Crippen LogP contribution in [0.5, 0.6) is 5.75 Å². The summed E-state index contributed by atoms with van der Waals surface area (Å²) >= 11 is 0. The van der Waals surface area contributed by atoms with Gasteiger partial charge in [0, 0.05) is 18.8 Å². The summed E-state index contributed by atoms with van der Waals surface area (Å²) in [5.41, 5.74) is 0.488. The van der Waals surface area contributed by atoms with Gasteiger partial charge >= 0.3 is 12.0 Å². The number of hydrogen-bond acceptors (Lipinski definition) is 3. The summed E-state index contributed by atoms with van der Waals surface area (Å²) in [6.07, 6.45) is 1.99. The predicted octanol–water partition coefficient (Wildman–Crippen LogP) is 2.18. The lowest BCUT2D eigenvalue weighted by Gasteiger charge is -2.21. The first-order chi connectivity index (χ1) is 9.45. The third-order valence-electron chi connectivity index (χ3n) is 2.96. The minimum atomic E-state index is -1.05. The maximum atomic E-state index is 12.0. The SMILES string of the molecule is CCCC[C@H](NC(=O)N(C)c1cccc(O)c1)C(=O)O. The van der Waals surface area contributed by atoms with Gasteiger partial charge in [-0.05, 0) is 18.6 Å². The van der Waals surface area contributed by atoms with Crippen molar-refractivity contribution < 1.29 is 19.8 Å². The maximum absolute atomic E-state index is 12.0. The Hall–Kier alpha value is -2.24. The highest BCUT2D eigenvalue weighted by molar-refractivity contribution is 5.94. The fraction of sp³-hybridized carbons (Fsp3) is 0.429. The number of carboxylic acids is 1. The molecule has 0 aliphatic carbocycles. The molecule has 0 fully saturated rings. The molecule has 3 N–H and O–H groups in total. The second-order valence-corrected chi connectivity index (χ2v) is 4.56. The van der Waals surface area contributed by atoms with E-state index in [9.17, 15) is 14.7 Å². The van der Waals surface area contributed by atoms with E-state index in [-0.39, 0.29) is 5.75 Å². The van der Waals surface area contributed by atoms with Crippen LogP contribution in [0.1, 0.15) is 26.2 Å². The molecule has 0 aliphatic rings. The van der Waals surface area contributed by atoms with Crippen molar-refractivity contribution in [2.75, 3.05) is 11.9 Å². The average Bonchev–Trinajstić information content (AvgIpc) is 2.42. The topological polar surface area (TPSA) is 89.9 Å². The van der Waals surface area contributed by atoms with Crippen LogP contribution in [0.15, 0.2) is 24.3 Å². The highest BCUT2D eigenvalue weighted by Crippen LogP contribution is 2.19. The Labute approximate surface area is 118 Å². The molecular weight excluding hydrogens is 260 g/mol. The van der Waals surface area contributed by atoms with E-state index in [2.05, 4.69) is 5.32 Å². The molecular formula is C14H20N2O4. The van der Waals surface area contributed by atoms with Gasteiger partial charge < -0.3 is 15.5 Å². The molecule has 110 valence electrons. The van der Waals surface area contributed by atoms with Crippen LogP contribution in [0, 0.1) is 0 Å². The number of benzene rings is 1. The highest BCUT2D eigenvalue weighted by atomic mass is 16.4. The standard InChI is InChI=1S/C14H20N2O4/c1-3-4-8-12(13(18)19)15-14(20)16(2)10-6-5-7-11(17)9-10/h5-7,9,12,17H,3-4,8H2,1-2H3,(H,15,20)(H,18,19)/t12-/m0/s1. The van der Waals surface area contributed by atoms with Crippen LogP contribution < -0.4 is 10.2 Å². The maximum Gasteiger partial charge on any atom is 0.326 e. The van der Waals surface area contributed by atoms with E-state index >= 15 is 0 Å². The van der Waals surface area contributed by atoms with E-state index in [1.165, 1.54) is 24.1 Å². The molecule has 0 spiro atoms. The Morgan fingerprint density at radius 1 is 1.40 bits per heavy atom. The van der Waals surface area contributed by atoms with E-state index in [0.29, 0.717) is 12.1 Å². The Kier molecular flexibility index (Phi) is 5.83. The molecule has 6 nitrogen and oxygen atoms in total. The van der Waals surface area contributed by atoms with Crippen LogP contribution in [0.25, 0.3) is 0 Å². The number of aliphatic carboxylic acids is 1. The Morgan fingerprint density at radius 2 is 2.10 bits per heavy atom. The van der Waals surface area contributed by atoms with Gasteiger partial charge in [0.2, 0.25) is 0 Å². The van der Waals surface area contributed by atoms with Gasteiger partial charge in [-0.15, -0.1) is 0 Å².